The molecule has 0 saturated heterocycles. The van der Waals surface area contributed by atoms with Crippen LogP contribution in [0.15, 0.2) is 72.2 Å². The van der Waals surface area contributed by atoms with E-state index in [1.54, 1.807) is 36.9 Å². The fraction of sp³-hybridized carbons (Fsp3) is 0.167. The average Bonchev–Trinajstić information content (AvgIpc) is 3.49. The number of benzene rings is 2. The number of amides is 1. The zero-order valence-electron chi connectivity index (χ0n) is 22.8. The van der Waals surface area contributed by atoms with Gasteiger partial charge in [0.1, 0.15) is 24.0 Å². The maximum atomic E-state index is 14.2. The van der Waals surface area contributed by atoms with E-state index in [2.05, 4.69) is 37.3 Å². The van der Waals surface area contributed by atoms with E-state index in [1.165, 1.54) is 21.7 Å². The van der Waals surface area contributed by atoms with Gasteiger partial charge in [-0.2, -0.15) is 10.2 Å². The van der Waals surface area contributed by atoms with Crippen molar-refractivity contribution in [1.29, 1.82) is 0 Å². The van der Waals surface area contributed by atoms with Crippen LogP contribution >= 0.6 is 0 Å². The van der Waals surface area contributed by atoms with Gasteiger partial charge in [-0.3, -0.25) is 18.8 Å². The summed E-state index contributed by atoms with van der Waals surface area (Å²) in [5.41, 5.74) is 4.30. The lowest BCUT2D eigenvalue weighted by Gasteiger charge is -2.20. The summed E-state index contributed by atoms with van der Waals surface area (Å²) in [4.78, 5) is 40.7. The van der Waals surface area contributed by atoms with Gasteiger partial charge in [0.05, 0.1) is 45.8 Å². The van der Waals surface area contributed by atoms with E-state index in [9.17, 15) is 9.59 Å². The molecule has 0 saturated carbocycles. The van der Waals surface area contributed by atoms with Gasteiger partial charge >= 0.3 is 0 Å². The highest BCUT2D eigenvalue weighted by Crippen LogP contribution is 2.21. The summed E-state index contributed by atoms with van der Waals surface area (Å²) in [5, 5.41) is 12.0. The predicted octanol–water partition coefficient (Wildman–Crippen LogP) is 3.06. The topological polar surface area (TPSA) is 125 Å². The van der Waals surface area contributed by atoms with E-state index in [0.29, 0.717) is 44.9 Å². The van der Waals surface area contributed by atoms with Gasteiger partial charge in [0, 0.05) is 12.6 Å². The molecule has 0 unspecified atom stereocenters. The van der Waals surface area contributed by atoms with Crippen molar-refractivity contribution in [3.05, 3.63) is 112 Å². The van der Waals surface area contributed by atoms with Crippen LogP contribution in [-0.4, -0.2) is 44.8 Å². The number of rotatable bonds is 4. The maximum absolute atomic E-state index is 14.2. The molecule has 1 N–H and O–H groups in total. The van der Waals surface area contributed by atoms with Crippen LogP contribution in [0.4, 0.5) is 0 Å². The molecule has 0 spiro atoms. The highest BCUT2D eigenvalue weighted by Gasteiger charge is 2.24. The molecule has 0 aliphatic heterocycles. The first kappa shape index (κ1) is 25.6. The summed E-state index contributed by atoms with van der Waals surface area (Å²) in [6.07, 6.45) is 4.56. The summed E-state index contributed by atoms with van der Waals surface area (Å²) in [6, 6.07) is 14.0. The minimum atomic E-state index is -0.649. The first-order valence-corrected chi connectivity index (χ1v) is 12.9. The van der Waals surface area contributed by atoms with Gasteiger partial charge in [-0.15, -0.1) is 0 Å². The molecule has 0 radical (unpaired) electrons. The van der Waals surface area contributed by atoms with Gasteiger partial charge in [-0.05, 0) is 45.0 Å². The molecule has 6 aromatic rings. The van der Waals surface area contributed by atoms with Crippen LogP contribution in [0.1, 0.15) is 51.7 Å². The molecule has 0 aliphatic carbocycles. The molecular formula is C30H25N9O2. The van der Waals surface area contributed by atoms with E-state index in [0.717, 1.165) is 11.3 Å². The Morgan fingerprint density at radius 1 is 1.02 bits per heavy atom. The van der Waals surface area contributed by atoms with Crippen molar-refractivity contribution >= 4 is 22.5 Å². The number of hydrogen-bond acceptors (Lipinski definition) is 7. The Balaban J connectivity index is 1.48. The van der Waals surface area contributed by atoms with Gasteiger partial charge in [-0.1, -0.05) is 36.1 Å². The summed E-state index contributed by atoms with van der Waals surface area (Å²) < 4.78 is 4.73. The van der Waals surface area contributed by atoms with Crippen LogP contribution in [0, 0.1) is 25.7 Å². The Bertz CT molecular complexity index is 2080. The molecular weight excluding hydrogens is 518 g/mol. The van der Waals surface area contributed by atoms with Crippen LogP contribution in [0.5, 0.6) is 0 Å². The van der Waals surface area contributed by atoms with Gasteiger partial charge in [0.2, 0.25) is 0 Å². The number of carbonyl (C=O) groups is 1. The lowest BCUT2D eigenvalue weighted by atomic mass is 10.1. The minimum Gasteiger partial charge on any atom is -0.342 e. The fourth-order valence-electron chi connectivity index (χ4n) is 4.74. The number of carbonyl (C=O) groups excluding carboxylic acids is 1. The van der Waals surface area contributed by atoms with Gasteiger partial charge in [-0.25, -0.2) is 19.5 Å². The molecule has 41 heavy (non-hydrogen) atoms. The number of fused-ring (bicyclic) bond motifs is 2. The maximum Gasteiger partial charge on any atom is 0.267 e. The molecule has 11 nitrogen and oxygen atoms in total. The van der Waals surface area contributed by atoms with Crippen molar-refractivity contribution in [3.63, 3.8) is 0 Å². The van der Waals surface area contributed by atoms with Crippen molar-refractivity contribution in [3.8, 4) is 17.5 Å². The number of aromatic nitrogens is 8. The Morgan fingerprint density at radius 3 is 2.56 bits per heavy atom. The first-order chi connectivity index (χ1) is 19.8. The zero-order chi connectivity index (χ0) is 28.7. The Hall–Kier alpha value is -5.63. The van der Waals surface area contributed by atoms with Crippen LogP contribution in [0.2, 0.25) is 0 Å². The second-order valence-electron chi connectivity index (χ2n) is 9.60. The second kappa shape index (κ2) is 10.2. The molecule has 0 aliphatic rings. The Labute approximate surface area is 234 Å². The Kier molecular flexibility index (Phi) is 6.35. The number of nitrogens with zero attached hydrogens (tertiary/aromatic N) is 8. The third-order valence-electron chi connectivity index (χ3n) is 6.95. The SMILES string of the molecule is Cc1nn2cncnc2c1C(=O)N[C@@H](C)c1nc2cccc(C#Cc3cnn(C)c3C)c2c(=O)n1-c1ccccc1. The molecule has 4 aromatic heterocycles. The van der Waals surface area contributed by atoms with E-state index in [-0.39, 0.29) is 11.5 Å². The van der Waals surface area contributed by atoms with Crippen molar-refractivity contribution in [2.75, 3.05) is 0 Å². The van der Waals surface area contributed by atoms with Gasteiger partial charge in [0.15, 0.2) is 5.65 Å². The van der Waals surface area contributed by atoms with E-state index in [4.69, 9.17) is 4.98 Å². The molecule has 4 heterocycles. The van der Waals surface area contributed by atoms with Gasteiger partial charge < -0.3 is 5.32 Å². The smallest absolute Gasteiger partial charge is 0.267 e. The lowest BCUT2D eigenvalue weighted by Crippen LogP contribution is -2.33. The summed E-state index contributed by atoms with van der Waals surface area (Å²) >= 11 is 0. The van der Waals surface area contributed by atoms with Crippen LogP contribution in [0.3, 0.4) is 0 Å². The Morgan fingerprint density at radius 2 is 1.80 bits per heavy atom. The number of para-hydroxylation sites is 1. The number of aryl methyl sites for hydroxylation is 2. The normalized spacial score (nSPS) is 11.8. The number of nitrogens with one attached hydrogen (secondary N) is 1. The third-order valence-corrected chi connectivity index (χ3v) is 6.95. The molecule has 11 heteroatoms. The largest absolute Gasteiger partial charge is 0.342 e. The molecule has 0 fully saturated rings. The summed E-state index contributed by atoms with van der Waals surface area (Å²) in [7, 11) is 1.85. The molecule has 6 rings (SSSR count). The van der Waals surface area contributed by atoms with Crippen molar-refractivity contribution in [2.45, 2.75) is 26.8 Å². The summed E-state index contributed by atoms with van der Waals surface area (Å²) in [6.45, 7) is 5.46. The van der Waals surface area contributed by atoms with Crippen LogP contribution in [-0.2, 0) is 7.05 Å². The van der Waals surface area contributed by atoms with Crippen LogP contribution < -0.4 is 10.9 Å². The molecule has 1 atom stereocenters. The third kappa shape index (κ3) is 4.51. The molecule has 0 bridgehead atoms. The number of hydrogen-bond donors (Lipinski definition) is 1. The quantitative estimate of drug-likeness (QED) is 0.339. The van der Waals surface area contributed by atoms with E-state index in [1.807, 2.05) is 50.4 Å². The van der Waals surface area contributed by atoms with E-state index < -0.39 is 6.04 Å². The standard InChI is InChI=1S/C30H25N9O2/c1-18-25(28-32-16-31-17-38(28)36-18)29(40)34-19(2)27-35-24-12-8-9-21(13-14-22-15-33-37(4)20(22)3)26(24)30(41)39(27)23-10-6-5-7-11-23/h5-12,15-17,19H,1-4H3,(H,34,40)/t19-/m0/s1. The van der Waals surface area contributed by atoms with Crippen LogP contribution in [0.25, 0.3) is 22.2 Å². The second-order valence-corrected chi connectivity index (χ2v) is 9.60. The van der Waals surface area contributed by atoms with Gasteiger partial charge in [0.25, 0.3) is 11.5 Å². The fourth-order valence-corrected chi connectivity index (χ4v) is 4.74. The van der Waals surface area contributed by atoms with Crippen molar-refractivity contribution in [2.24, 2.45) is 7.05 Å². The highest BCUT2D eigenvalue weighted by molar-refractivity contribution is 6.01. The van der Waals surface area contributed by atoms with E-state index >= 15 is 0 Å². The lowest BCUT2D eigenvalue weighted by molar-refractivity contribution is 0.0938. The monoisotopic (exact) mass is 543 g/mol. The van der Waals surface area contributed by atoms with Crippen molar-refractivity contribution < 1.29 is 4.79 Å². The van der Waals surface area contributed by atoms with Crippen molar-refractivity contribution in [1.82, 2.24) is 44.2 Å². The zero-order valence-corrected chi connectivity index (χ0v) is 22.8. The predicted molar refractivity (Wildman–Crippen MR) is 153 cm³/mol. The molecule has 2 aromatic carbocycles. The summed E-state index contributed by atoms with van der Waals surface area (Å²) in [5.74, 6) is 6.28. The minimum absolute atomic E-state index is 0.287. The average molecular weight is 544 g/mol. The molecule has 202 valence electrons. The first-order valence-electron chi connectivity index (χ1n) is 12.9. The molecule has 1 amide bonds. The highest BCUT2D eigenvalue weighted by atomic mass is 16.2.